The summed E-state index contributed by atoms with van der Waals surface area (Å²) in [5.41, 5.74) is 0. The van der Waals surface area contributed by atoms with Crippen molar-refractivity contribution in [1.82, 2.24) is 5.32 Å². The summed E-state index contributed by atoms with van der Waals surface area (Å²) in [4.78, 5) is 0. The van der Waals surface area contributed by atoms with Crippen LogP contribution >= 0.6 is 0 Å². The van der Waals surface area contributed by atoms with Crippen LogP contribution in [0.15, 0.2) is 0 Å². The van der Waals surface area contributed by atoms with Gasteiger partial charge in [-0.05, 0) is 32.2 Å². The Bertz CT molecular complexity index is 55.4. The molecule has 1 heterocycles. The monoisotopic (exact) mass is 112 g/mol. The number of hydrogen-bond acceptors (Lipinski definition) is 1. The molecule has 1 fully saturated rings. The maximum absolute atomic E-state index is 3.44. The molecule has 0 spiro atoms. The standard InChI is InChI=1S/C7H14N/c1-2-7-5-3-4-6-8-7/h3,7-8H,2,4-6H2,1H3. The highest BCUT2D eigenvalue weighted by atomic mass is 14.9. The molecule has 8 heavy (non-hydrogen) atoms. The second kappa shape index (κ2) is 3.08. The molecule has 1 N–H and O–H groups in total. The zero-order chi connectivity index (χ0) is 5.82. The van der Waals surface area contributed by atoms with Gasteiger partial charge in [-0.1, -0.05) is 6.92 Å². The molecule has 47 valence electrons. The molecule has 1 aliphatic rings. The Morgan fingerprint density at radius 3 is 3.00 bits per heavy atom. The number of rotatable bonds is 1. The lowest BCUT2D eigenvalue weighted by Crippen LogP contribution is -2.33. The van der Waals surface area contributed by atoms with Gasteiger partial charge in [-0.3, -0.25) is 0 Å². The minimum atomic E-state index is 0.781. The van der Waals surface area contributed by atoms with E-state index in [1.807, 2.05) is 0 Å². The molecule has 1 nitrogen and oxygen atoms in total. The molecule has 0 aromatic heterocycles. The van der Waals surface area contributed by atoms with Gasteiger partial charge >= 0.3 is 0 Å². The number of nitrogens with one attached hydrogen (secondary N) is 1. The van der Waals surface area contributed by atoms with Crippen LogP contribution in [0, 0.1) is 6.42 Å². The molecule has 0 aromatic carbocycles. The lowest BCUT2D eigenvalue weighted by Gasteiger charge is -2.21. The van der Waals surface area contributed by atoms with E-state index in [0.29, 0.717) is 0 Å². The van der Waals surface area contributed by atoms with Crippen molar-refractivity contribution in [1.29, 1.82) is 0 Å². The average molecular weight is 112 g/mol. The molecule has 0 saturated carbocycles. The van der Waals surface area contributed by atoms with Gasteiger partial charge in [0.25, 0.3) is 0 Å². The third-order valence-corrected chi connectivity index (χ3v) is 1.73. The van der Waals surface area contributed by atoms with Gasteiger partial charge in [0.05, 0.1) is 0 Å². The Labute approximate surface area is 51.5 Å². The minimum absolute atomic E-state index is 0.781. The van der Waals surface area contributed by atoms with Crippen molar-refractivity contribution < 1.29 is 0 Å². The summed E-state index contributed by atoms with van der Waals surface area (Å²) in [6, 6.07) is 0.781. The van der Waals surface area contributed by atoms with Gasteiger partial charge in [0.15, 0.2) is 0 Å². The van der Waals surface area contributed by atoms with Crippen LogP contribution in [0.1, 0.15) is 26.2 Å². The quantitative estimate of drug-likeness (QED) is 0.540. The fourth-order valence-electron chi connectivity index (χ4n) is 1.10. The molecule has 1 aliphatic heterocycles. The summed E-state index contributed by atoms with van der Waals surface area (Å²) in [5.74, 6) is 0. The molecular formula is C7H14N. The Morgan fingerprint density at radius 1 is 1.75 bits per heavy atom. The molecular weight excluding hydrogens is 98.1 g/mol. The molecule has 0 bridgehead atoms. The maximum atomic E-state index is 3.44. The van der Waals surface area contributed by atoms with E-state index < -0.39 is 0 Å². The van der Waals surface area contributed by atoms with E-state index in [9.17, 15) is 0 Å². The summed E-state index contributed by atoms with van der Waals surface area (Å²) < 4.78 is 0. The molecule has 1 heteroatoms. The zero-order valence-corrected chi connectivity index (χ0v) is 5.48. The van der Waals surface area contributed by atoms with Gasteiger partial charge in [0.1, 0.15) is 0 Å². The SMILES string of the molecule is CCC1C[CH]CCN1. The Hall–Kier alpha value is -0.0400. The lowest BCUT2D eigenvalue weighted by molar-refractivity contribution is 0.448. The Balaban J connectivity index is 2.13. The van der Waals surface area contributed by atoms with Crippen molar-refractivity contribution in [3.8, 4) is 0 Å². The molecule has 1 atom stereocenters. The second-order valence-electron chi connectivity index (χ2n) is 2.37. The van der Waals surface area contributed by atoms with Crippen molar-refractivity contribution in [2.45, 2.75) is 32.2 Å². The van der Waals surface area contributed by atoms with Crippen LogP contribution in [-0.4, -0.2) is 12.6 Å². The van der Waals surface area contributed by atoms with Gasteiger partial charge in [-0.2, -0.15) is 0 Å². The summed E-state index contributed by atoms with van der Waals surface area (Å²) >= 11 is 0. The topological polar surface area (TPSA) is 12.0 Å². The summed E-state index contributed by atoms with van der Waals surface area (Å²) in [7, 11) is 0. The fraction of sp³-hybridized carbons (Fsp3) is 0.857. The molecule has 0 aromatic rings. The summed E-state index contributed by atoms with van der Waals surface area (Å²) in [6.07, 6.45) is 6.19. The molecule has 1 rings (SSSR count). The van der Waals surface area contributed by atoms with Crippen molar-refractivity contribution in [2.24, 2.45) is 0 Å². The highest BCUT2D eigenvalue weighted by Crippen LogP contribution is 2.07. The highest BCUT2D eigenvalue weighted by Gasteiger charge is 2.08. The first-order chi connectivity index (χ1) is 3.93. The largest absolute Gasteiger partial charge is 0.314 e. The zero-order valence-electron chi connectivity index (χ0n) is 5.48. The third-order valence-electron chi connectivity index (χ3n) is 1.73. The highest BCUT2D eigenvalue weighted by molar-refractivity contribution is 4.81. The molecule has 0 aliphatic carbocycles. The average Bonchev–Trinajstić information content (AvgIpc) is 1.90. The molecule has 1 unspecified atom stereocenters. The van der Waals surface area contributed by atoms with Crippen molar-refractivity contribution in [3.05, 3.63) is 6.42 Å². The smallest absolute Gasteiger partial charge is 0.00671 e. The molecule has 0 amide bonds. The lowest BCUT2D eigenvalue weighted by atomic mass is 10.0. The van der Waals surface area contributed by atoms with Crippen LogP contribution in [0.4, 0.5) is 0 Å². The van der Waals surface area contributed by atoms with E-state index in [2.05, 4.69) is 18.7 Å². The number of piperidine rings is 1. The fourth-order valence-corrected chi connectivity index (χ4v) is 1.10. The normalized spacial score (nSPS) is 30.4. The van der Waals surface area contributed by atoms with Gasteiger partial charge < -0.3 is 5.32 Å². The second-order valence-corrected chi connectivity index (χ2v) is 2.37. The van der Waals surface area contributed by atoms with Gasteiger partial charge in [-0.15, -0.1) is 0 Å². The summed E-state index contributed by atoms with van der Waals surface area (Å²) in [6.45, 7) is 3.43. The molecule has 1 saturated heterocycles. The first-order valence-corrected chi connectivity index (χ1v) is 3.48. The van der Waals surface area contributed by atoms with E-state index >= 15 is 0 Å². The number of hydrogen-bond donors (Lipinski definition) is 1. The third kappa shape index (κ3) is 1.48. The predicted molar refractivity (Wildman–Crippen MR) is 35.6 cm³/mol. The van der Waals surface area contributed by atoms with E-state index in [1.54, 1.807) is 0 Å². The van der Waals surface area contributed by atoms with E-state index in [1.165, 1.54) is 25.8 Å². The minimum Gasteiger partial charge on any atom is -0.314 e. The van der Waals surface area contributed by atoms with E-state index in [0.717, 1.165) is 6.04 Å². The predicted octanol–water partition coefficient (Wildman–Crippen LogP) is 1.35. The summed E-state index contributed by atoms with van der Waals surface area (Å²) in [5, 5.41) is 3.44. The van der Waals surface area contributed by atoms with E-state index in [-0.39, 0.29) is 0 Å². The van der Waals surface area contributed by atoms with Crippen LogP contribution in [0.3, 0.4) is 0 Å². The van der Waals surface area contributed by atoms with Crippen molar-refractivity contribution >= 4 is 0 Å². The van der Waals surface area contributed by atoms with Crippen molar-refractivity contribution in [2.75, 3.05) is 6.54 Å². The van der Waals surface area contributed by atoms with Crippen LogP contribution in [0.5, 0.6) is 0 Å². The van der Waals surface area contributed by atoms with Crippen LogP contribution in [0.25, 0.3) is 0 Å². The Morgan fingerprint density at radius 2 is 2.62 bits per heavy atom. The maximum Gasteiger partial charge on any atom is 0.00671 e. The van der Waals surface area contributed by atoms with Crippen LogP contribution in [-0.2, 0) is 0 Å². The molecule has 1 radical (unpaired) electrons. The Kier molecular flexibility index (Phi) is 2.34. The van der Waals surface area contributed by atoms with Crippen LogP contribution < -0.4 is 5.32 Å². The first-order valence-electron chi connectivity index (χ1n) is 3.48. The van der Waals surface area contributed by atoms with E-state index in [4.69, 9.17) is 0 Å². The van der Waals surface area contributed by atoms with Crippen LogP contribution in [0.2, 0.25) is 0 Å². The van der Waals surface area contributed by atoms with Gasteiger partial charge in [0, 0.05) is 6.04 Å². The van der Waals surface area contributed by atoms with Gasteiger partial charge in [-0.25, -0.2) is 0 Å². The van der Waals surface area contributed by atoms with Gasteiger partial charge in [0.2, 0.25) is 0 Å². The van der Waals surface area contributed by atoms with Crippen molar-refractivity contribution in [3.63, 3.8) is 0 Å². The first kappa shape index (κ1) is 6.09.